The fraction of sp³-hybridized carbons (Fsp3) is 0.682. The SMILES string of the molecule is CCN1CC[C@@]2(CN(C(=O)N(C)C)CC23CCN(Cc2cccnc2)CC3)C1=O. The van der Waals surface area contributed by atoms with Crippen LogP contribution in [0.1, 0.15) is 31.7 Å². The minimum Gasteiger partial charge on any atom is -0.342 e. The fourth-order valence-corrected chi connectivity index (χ4v) is 5.79. The number of aromatic nitrogens is 1. The normalized spacial score (nSPS) is 26.7. The van der Waals surface area contributed by atoms with Gasteiger partial charge in [0.1, 0.15) is 0 Å². The van der Waals surface area contributed by atoms with Crippen molar-refractivity contribution in [2.75, 3.05) is 53.4 Å². The van der Waals surface area contributed by atoms with Gasteiger partial charge in [0, 0.05) is 64.6 Å². The van der Waals surface area contributed by atoms with Gasteiger partial charge in [-0.25, -0.2) is 4.79 Å². The van der Waals surface area contributed by atoms with Crippen LogP contribution in [-0.4, -0.2) is 89.9 Å². The minimum absolute atomic E-state index is 0.0294. The highest BCUT2D eigenvalue weighted by Crippen LogP contribution is 2.58. The van der Waals surface area contributed by atoms with E-state index in [0.717, 1.165) is 52.0 Å². The smallest absolute Gasteiger partial charge is 0.319 e. The van der Waals surface area contributed by atoms with Crippen LogP contribution in [0.15, 0.2) is 24.5 Å². The van der Waals surface area contributed by atoms with Gasteiger partial charge in [-0.05, 0) is 50.9 Å². The van der Waals surface area contributed by atoms with Crippen molar-refractivity contribution in [1.82, 2.24) is 24.6 Å². The predicted molar refractivity (Wildman–Crippen MR) is 111 cm³/mol. The predicted octanol–water partition coefficient (Wildman–Crippen LogP) is 1.90. The molecule has 1 aromatic heterocycles. The van der Waals surface area contributed by atoms with Crippen LogP contribution < -0.4 is 0 Å². The number of likely N-dealkylation sites (tertiary alicyclic amines) is 3. The number of hydrogen-bond donors (Lipinski definition) is 0. The standard InChI is InChI=1S/C22H33N5O2/c1-4-26-13-9-22(19(26)28)17-27(20(29)24(2)3)16-21(22)7-11-25(12-8-21)15-18-6-5-10-23-14-18/h5-6,10,14H,4,7-9,11-13,15-17H2,1-3H3/t22-/m1/s1. The average Bonchev–Trinajstić information content (AvgIpc) is 3.22. The summed E-state index contributed by atoms with van der Waals surface area (Å²) in [7, 11) is 3.59. The van der Waals surface area contributed by atoms with Crippen molar-refractivity contribution in [3.63, 3.8) is 0 Å². The molecule has 0 radical (unpaired) electrons. The lowest BCUT2D eigenvalue weighted by Crippen LogP contribution is -2.52. The highest BCUT2D eigenvalue weighted by atomic mass is 16.2. The Balaban J connectivity index is 1.55. The largest absolute Gasteiger partial charge is 0.342 e. The van der Waals surface area contributed by atoms with E-state index in [9.17, 15) is 9.59 Å². The third-order valence-corrected chi connectivity index (χ3v) is 7.45. The van der Waals surface area contributed by atoms with Crippen molar-refractivity contribution in [3.8, 4) is 0 Å². The highest BCUT2D eigenvalue weighted by molar-refractivity contribution is 5.88. The maximum absolute atomic E-state index is 13.5. The van der Waals surface area contributed by atoms with Gasteiger partial charge in [0.05, 0.1) is 5.41 Å². The topological polar surface area (TPSA) is 60.0 Å². The molecule has 7 heteroatoms. The summed E-state index contributed by atoms with van der Waals surface area (Å²) >= 11 is 0. The van der Waals surface area contributed by atoms with E-state index in [4.69, 9.17) is 0 Å². The van der Waals surface area contributed by atoms with Gasteiger partial charge in [0.2, 0.25) is 5.91 Å². The summed E-state index contributed by atoms with van der Waals surface area (Å²) in [4.78, 5) is 38.5. The van der Waals surface area contributed by atoms with Crippen LogP contribution in [0.25, 0.3) is 0 Å². The summed E-state index contributed by atoms with van der Waals surface area (Å²) in [5, 5.41) is 0. The van der Waals surface area contributed by atoms with E-state index >= 15 is 0 Å². The van der Waals surface area contributed by atoms with E-state index in [2.05, 4.69) is 22.9 Å². The first-order valence-electron chi connectivity index (χ1n) is 10.8. The molecule has 158 valence electrons. The summed E-state index contributed by atoms with van der Waals surface area (Å²) in [6.45, 7) is 7.71. The zero-order valence-corrected chi connectivity index (χ0v) is 17.9. The van der Waals surface area contributed by atoms with E-state index < -0.39 is 5.41 Å². The monoisotopic (exact) mass is 399 g/mol. The van der Waals surface area contributed by atoms with Gasteiger partial charge in [0.15, 0.2) is 0 Å². The molecule has 0 N–H and O–H groups in total. The summed E-state index contributed by atoms with van der Waals surface area (Å²) in [5.74, 6) is 0.273. The third-order valence-electron chi connectivity index (χ3n) is 7.45. The molecule has 0 bridgehead atoms. The Bertz CT molecular complexity index is 760. The Hall–Kier alpha value is -2.15. The second-order valence-electron chi connectivity index (χ2n) is 9.17. The van der Waals surface area contributed by atoms with Gasteiger partial charge in [-0.1, -0.05) is 6.07 Å². The Morgan fingerprint density at radius 2 is 1.93 bits per heavy atom. The lowest BCUT2D eigenvalue weighted by molar-refractivity contribution is -0.142. The molecule has 1 atom stereocenters. The van der Waals surface area contributed by atoms with Crippen LogP contribution in [0, 0.1) is 10.8 Å². The number of pyridine rings is 1. The number of nitrogens with zero attached hydrogens (tertiary/aromatic N) is 5. The van der Waals surface area contributed by atoms with E-state index in [1.807, 2.05) is 22.1 Å². The molecule has 0 unspecified atom stereocenters. The van der Waals surface area contributed by atoms with E-state index in [1.165, 1.54) is 5.56 Å². The molecule has 29 heavy (non-hydrogen) atoms. The van der Waals surface area contributed by atoms with Gasteiger partial charge in [-0.2, -0.15) is 0 Å². The number of amides is 3. The van der Waals surface area contributed by atoms with Crippen LogP contribution >= 0.6 is 0 Å². The molecule has 0 aromatic carbocycles. The van der Waals surface area contributed by atoms with Crippen molar-refractivity contribution >= 4 is 11.9 Å². The second kappa shape index (κ2) is 7.59. The molecule has 3 aliphatic heterocycles. The van der Waals surface area contributed by atoms with E-state index in [-0.39, 0.29) is 17.4 Å². The van der Waals surface area contributed by atoms with Crippen molar-refractivity contribution in [2.24, 2.45) is 10.8 Å². The first kappa shape index (κ1) is 20.1. The number of piperidine rings is 1. The number of fused-ring (bicyclic) bond motifs is 1. The molecule has 3 fully saturated rings. The minimum atomic E-state index is -0.408. The van der Waals surface area contributed by atoms with Crippen molar-refractivity contribution in [2.45, 2.75) is 32.7 Å². The molecule has 3 amide bonds. The van der Waals surface area contributed by atoms with Gasteiger partial charge in [-0.3, -0.25) is 14.7 Å². The maximum Gasteiger partial charge on any atom is 0.319 e. The number of urea groups is 1. The average molecular weight is 400 g/mol. The molecular formula is C22H33N5O2. The molecule has 0 saturated carbocycles. The summed E-state index contributed by atoms with van der Waals surface area (Å²) in [5.41, 5.74) is 0.711. The van der Waals surface area contributed by atoms with Gasteiger partial charge < -0.3 is 14.7 Å². The van der Waals surface area contributed by atoms with Crippen LogP contribution in [0.2, 0.25) is 0 Å². The molecule has 7 nitrogen and oxygen atoms in total. The molecular weight excluding hydrogens is 366 g/mol. The maximum atomic E-state index is 13.5. The van der Waals surface area contributed by atoms with Crippen LogP contribution in [0.5, 0.6) is 0 Å². The molecule has 0 aliphatic carbocycles. The lowest BCUT2D eigenvalue weighted by Gasteiger charge is -2.46. The number of carbonyl (C=O) groups is 2. The Labute approximate surface area is 173 Å². The fourth-order valence-electron chi connectivity index (χ4n) is 5.79. The molecule has 3 saturated heterocycles. The zero-order chi connectivity index (χ0) is 20.6. The van der Waals surface area contributed by atoms with Crippen molar-refractivity contribution in [1.29, 1.82) is 0 Å². The molecule has 4 heterocycles. The summed E-state index contributed by atoms with van der Waals surface area (Å²) in [6, 6.07) is 4.13. The molecule has 3 aliphatic rings. The third kappa shape index (κ3) is 3.29. The van der Waals surface area contributed by atoms with Gasteiger partial charge in [0.25, 0.3) is 0 Å². The quantitative estimate of drug-likeness (QED) is 0.779. The van der Waals surface area contributed by atoms with Crippen molar-refractivity contribution < 1.29 is 9.59 Å². The van der Waals surface area contributed by atoms with Crippen LogP contribution in [0.3, 0.4) is 0 Å². The molecule has 2 spiro atoms. The Kier molecular flexibility index (Phi) is 5.27. The number of hydrogen-bond acceptors (Lipinski definition) is 4. The van der Waals surface area contributed by atoms with Crippen molar-refractivity contribution in [3.05, 3.63) is 30.1 Å². The second-order valence-corrected chi connectivity index (χ2v) is 9.17. The zero-order valence-electron chi connectivity index (χ0n) is 17.9. The Morgan fingerprint density at radius 3 is 2.52 bits per heavy atom. The Morgan fingerprint density at radius 1 is 1.17 bits per heavy atom. The lowest BCUT2D eigenvalue weighted by atomic mass is 9.60. The van der Waals surface area contributed by atoms with Gasteiger partial charge in [-0.15, -0.1) is 0 Å². The first-order chi connectivity index (χ1) is 13.9. The highest BCUT2D eigenvalue weighted by Gasteiger charge is 2.65. The number of rotatable bonds is 3. The van der Waals surface area contributed by atoms with Crippen LogP contribution in [-0.2, 0) is 11.3 Å². The molecule has 1 aromatic rings. The first-order valence-corrected chi connectivity index (χ1v) is 10.8. The van der Waals surface area contributed by atoms with E-state index in [0.29, 0.717) is 13.1 Å². The number of carbonyl (C=O) groups excluding carboxylic acids is 2. The summed E-state index contributed by atoms with van der Waals surface area (Å²) < 4.78 is 0. The van der Waals surface area contributed by atoms with E-state index in [1.54, 1.807) is 25.2 Å². The van der Waals surface area contributed by atoms with Gasteiger partial charge >= 0.3 is 6.03 Å². The molecule has 4 rings (SSSR count). The summed E-state index contributed by atoms with van der Waals surface area (Å²) in [6.07, 6.45) is 6.54. The van der Waals surface area contributed by atoms with Crippen LogP contribution in [0.4, 0.5) is 4.79 Å².